The molecule has 3 nitrogen and oxygen atoms in total. The van der Waals surface area contributed by atoms with Gasteiger partial charge in [0.25, 0.3) is 0 Å². The van der Waals surface area contributed by atoms with E-state index in [1.165, 1.54) is 41.7 Å². The largest absolute Gasteiger partial charge is 0.352 e. The van der Waals surface area contributed by atoms with Crippen molar-refractivity contribution in [2.24, 2.45) is 0 Å². The second kappa shape index (κ2) is 9.41. The first-order valence-electron chi connectivity index (χ1n) is 9.16. The number of benzene rings is 4. The fourth-order valence-corrected chi connectivity index (χ4v) is 3.87. The molecule has 0 bridgehead atoms. The van der Waals surface area contributed by atoms with Gasteiger partial charge in [0.1, 0.15) is 0 Å². The van der Waals surface area contributed by atoms with Gasteiger partial charge in [-0.15, -0.1) is 0 Å². The number of hydrogen-bond donors (Lipinski definition) is 2. The van der Waals surface area contributed by atoms with Crippen molar-refractivity contribution in [1.29, 1.82) is 0 Å². The molecule has 2 aliphatic carbocycles. The predicted molar refractivity (Wildman–Crippen MR) is 119 cm³/mol. The summed E-state index contributed by atoms with van der Waals surface area (Å²) in [7, 11) is -1.16. The fourth-order valence-electron chi connectivity index (χ4n) is 3.71. The zero-order chi connectivity index (χ0) is 20.1. The van der Waals surface area contributed by atoms with Crippen LogP contribution in [0.4, 0.5) is 0 Å². The van der Waals surface area contributed by atoms with Crippen molar-refractivity contribution in [2.45, 2.75) is 0 Å². The van der Waals surface area contributed by atoms with Crippen molar-refractivity contribution >= 4 is 18.1 Å². The molecular formula is C24H20O3P2. The Balaban J connectivity index is 0.000000116. The lowest BCUT2D eigenvalue weighted by atomic mass is 10.0. The Morgan fingerprint density at radius 1 is 0.379 bits per heavy atom. The number of hydrogen-bond acceptors (Lipinski definition) is 3. The summed E-state index contributed by atoms with van der Waals surface area (Å²) in [5, 5.41) is 11.2. The molecule has 2 atom stereocenters. The maximum Gasteiger partial charge on any atom is 0.158 e. The lowest BCUT2D eigenvalue weighted by molar-refractivity contribution is 0.496. The number of rotatable bonds is 2. The molecule has 0 radical (unpaired) electrons. The van der Waals surface area contributed by atoms with Crippen molar-refractivity contribution in [3.63, 3.8) is 0 Å². The highest BCUT2D eigenvalue weighted by Gasteiger charge is 1.98. The van der Waals surface area contributed by atoms with E-state index < -0.39 is 18.1 Å². The van der Waals surface area contributed by atoms with Gasteiger partial charge in [0.15, 0.2) is 18.1 Å². The lowest BCUT2D eigenvalue weighted by Crippen LogP contribution is -1.88. The summed E-state index contributed by atoms with van der Waals surface area (Å²) in [4.78, 5) is 15.4. The molecule has 2 aliphatic rings. The van der Waals surface area contributed by atoms with Crippen molar-refractivity contribution in [1.82, 2.24) is 0 Å². The third-order valence-electron chi connectivity index (χ3n) is 4.96. The Morgan fingerprint density at radius 2 is 0.552 bits per heavy atom. The summed E-state index contributed by atoms with van der Waals surface area (Å²) in [6.07, 6.45) is 0. The molecule has 0 aromatic heterocycles. The van der Waals surface area contributed by atoms with Crippen molar-refractivity contribution in [2.75, 3.05) is 0 Å². The molecule has 0 aliphatic heterocycles. The monoisotopic (exact) mass is 418 g/mol. The van der Waals surface area contributed by atoms with Gasteiger partial charge in [0.05, 0.1) is 0 Å². The highest BCUT2D eigenvalue weighted by Crippen LogP contribution is 2.17. The van der Waals surface area contributed by atoms with E-state index in [0.717, 1.165) is 0 Å². The van der Waals surface area contributed by atoms with Gasteiger partial charge in [0.2, 0.25) is 0 Å². The van der Waals surface area contributed by atoms with Gasteiger partial charge in [-0.3, -0.25) is 4.31 Å². The van der Waals surface area contributed by atoms with Gasteiger partial charge < -0.3 is 9.79 Å². The first kappa shape index (κ1) is 19.9. The van der Waals surface area contributed by atoms with Crippen LogP contribution in [-0.4, -0.2) is 9.79 Å². The van der Waals surface area contributed by atoms with Gasteiger partial charge in [0, 0.05) is 0 Å². The Morgan fingerprint density at radius 3 is 0.655 bits per heavy atom. The molecule has 29 heavy (non-hydrogen) atoms. The summed E-state index contributed by atoms with van der Waals surface area (Å²) >= 11 is 0. The van der Waals surface area contributed by atoms with Gasteiger partial charge >= 0.3 is 0 Å². The lowest BCUT2D eigenvalue weighted by Gasteiger charge is -2.02. The molecule has 4 aromatic carbocycles. The minimum Gasteiger partial charge on any atom is -0.352 e. The molecule has 2 N–H and O–H groups in total. The molecule has 0 saturated heterocycles. The van der Waals surface area contributed by atoms with E-state index >= 15 is 0 Å². The highest BCUT2D eigenvalue weighted by molar-refractivity contribution is 7.39. The molecule has 4 aromatic rings. The molecule has 5 heteroatoms. The second-order valence-corrected chi connectivity index (χ2v) is 7.65. The third kappa shape index (κ3) is 4.02. The van der Waals surface area contributed by atoms with Gasteiger partial charge in [-0.2, -0.15) is 0 Å². The average Bonchev–Trinajstić information content (AvgIpc) is 2.77. The summed E-state index contributed by atoms with van der Waals surface area (Å²) < 4.78 is 4.00. The average molecular weight is 418 g/mol. The van der Waals surface area contributed by atoms with Crippen molar-refractivity contribution in [3.05, 3.63) is 139 Å². The Bertz CT molecular complexity index is 1140. The Kier molecular flexibility index (Phi) is 6.46. The summed E-state index contributed by atoms with van der Waals surface area (Å²) in [5.41, 5.74) is 0. The summed E-state index contributed by atoms with van der Waals surface area (Å²) in [6.45, 7) is 0. The van der Waals surface area contributed by atoms with Gasteiger partial charge in [-0.05, 0) is 41.7 Å². The van der Waals surface area contributed by atoms with Crippen LogP contribution in [0, 0.1) is 41.7 Å². The third-order valence-corrected chi connectivity index (χ3v) is 5.69. The maximum absolute atomic E-state index is 7.72. The molecule has 144 valence electrons. The van der Waals surface area contributed by atoms with E-state index in [9.17, 15) is 0 Å². The van der Waals surface area contributed by atoms with Crippen LogP contribution >= 0.6 is 18.1 Å². The quantitative estimate of drug-likeness (QED) is 0.382. The summed E-state index contributed by atoms with van der Waals surface area (Å²) in [6, 6.07) is 34.2. The smallest absolute Gasteiger partial charge is 0.158 e. The van der Waals surface area contributed by atoms with E-state index in [1.807, 2.05) is 0 Å². The van der Waals surface area contributed by atoms with Crippen LogP contribution in [0.2, 0.25) is 0 Å². The highest BCUT2D eigenvalue weighted by atomic mass is 31.2. The number of fused-ring (bicyclic) bond motifs is 4. The van der Waals surface area contributed by atoms with Crippen LogP contribution in [0.1, 0.15) is 0 Å². The Labute approximate surface area is 171 Å². The second-order valence-electron chi connectivity index (χ2n) is 6.47. The zero-order valence-electron chi connectivity index (χ0n) is 15.5. The van der Waals surface area contributed by atoms with Gasteiger partial charge in [-0.1, -0.05) is 97.1 Å². The van der Waals surface area contributed by atoms with Crippen LogP contribution < -0.4 is 0 Å². The normalized spacial score (nSPS) is 11.7. The predicted octanol–water partition coefficient (Wildman–Crippen LogP) is 5.15. The van der Waals surface area contributed by atoms with E-state index in [4.69, 9.17) is 9.79 Å². The SMILES string of the molecule is OPOPO.c1ccc2c(c1)=c1ccccc1=2.c1ccc2c(c1)=c1ccccc1=2. The van der Waals surface area contributed by atoms with Gasteiger partial charge in [-0.25, -0.2) is 0 Å². The first-order chi connectivity index (χ1) is 14.3. The molecule has 0 fully saturated rings. The fraction of sp³-hybridized carbons (Fsp3) is 0. The van der Waals surface area contributed by atoms with E-state index in [1.54, 1.807) is 0 Å². The summed E-state index contributed by atoms with van der Waals surface area (Å²) in [5.74, 6) is 0. The molecule has 6 rings (SSSR count). The zero-order valence-corrected chi connectivity index (χ0v) is 17.5. The van der Waals surface area contributed by atoms with E-state index in [0.29, 0.717) is 0 Å². The molecule has 2 unspecified atom stereocenters. The van der Waals surface area contributed by atoms with Crippen LogP contribution in [0.15, 0.2) is 97.1 Å². The topological polar surface area (TPSA) is 49.7 Å². The maximum atomic E-state index is 7.72. The van der Waals surface area contributed by atoms with E-state index in [-0.39, 0.29) is 0 Å². The molecule has 0 heterocycles. The van der Waals surface area contributed by atoms with E-state index in [2.05, 4.69) is 101 Å². The Hall–Kier alpha value is -2.38. The standard InChI is InChI=1S/2C12H8.H4O3P2/c2*1-2-6-10-9(5-1)11-7-3-4-8-12(10)11;1-4-3-5-2/h2*1-8H;1-2,4-5H. The van der Waals surface area contributed by atoms with Crippen LogP contribution in [0.25, 0.3) is 0 Å². The van der Waals surface area contributed by atoms with Crippen molar-refractivity contribution in [3.8, 4) is 0 Å². The molecule has 0 saturated carbocycles. The minimum atomic E-state index is -0.580. The van der Waals surface area contributed by atoms with Crippen LogP contribution in [0.3, 0.4) is 0 Å². The van der Waals surface area contributed by atoms with Crippen LogP contribution in [-0.2, 0) is 4.31 Å². The minimum absolute atomic E-state index is 0.580. The molecular weight excluding hydrogens is 398 g/mol. The van der Waals surface area contributed by atoms with Crippen LogP contribution in [0.5, 0.6) is 0 Å². The molecule has 0 amide bonds. The first-order valence-corrected chi connectivity index (χ1v) is 10.9. The van der Waals surface area contributed by atoms with Crippen molar-refractivity contribution < 1.29 is 14.1 Å². The molecule has 0 spiro atoms.